The minimum atomic E-state index is -6.10. The largest absolute Gasteiger partial charge is 0.478 e. The average Bonchev–Trinajstić information content (AvgIpc) is 2.47. The van der Waals surface area contributed by atoms with Gasteiger partial charge in [0.15, 0.2) is 28.9 Å². The molecular weight excluding hydrogens is 368 g/mol. The summed E-state index contributed by atoms with van der Waals surface area (Å²) in [7, 11) is 0. The molecule has 11 heteroatoms. The van der Waals surface area contributed by atoms with Crippen LogP contribution >= 0.6 is 0 Å². The number of alkyl halides is 4. The van der Waals surface area contributed by atoms with Gasteiger partial charge in [0.05, 0.1) is 5.56 Å². The zero-order chi connectivity index (χ0) is 19.3. The van der Waals surface area contributed by atoms with Crippen LogP contribution in [0.3, 0.4) is 0 Å². The first kappa shape index (κ1) is 19.0. The van der Waals surface area contributed by atoms with Gasteiger partial charge in [-0.15, -0.1) is 0 Å². The highest BCUT2D eigenvalue weighted by Gasteiger charge is 2.67. The molecule has 1 aromatic rings. The molecule has 25 heavy (non-hydrogen) atoms. The molecule has 0 aliphatic carbocycles. The van der Waals surface area contributed by atoms with E-state index in [0.717, 1.165) is 0 Å². The Morgan fingerprint density at radius 3 is 2.12 bits per heavy atom. The van der Waals surface area contributed by atoms with Gasteiger partial charge < -0.3 is 9.84 Å². The molecule has 138 valence electrons. The lowest BCUT2D eigenvalue weighted by Crippen LogP contribution is -2.52. The first-order valence-corrected chi connectivity index (χ1v) is 6.66. The molecule has 0 aromatic heterocycles. The summed E-state index contributed by atoms with van der Waals surface area (Å²) in [5.41, 5.74) is -5.36. The van der Waals surface area contributed by atoms with Gasteiger partial charge in [0.25, 0.3) is 0 Å². The smallest absolute Gasteiger partial charge is 0.465 e. The van der Waals surface area contributed by atoms with Gasteiger partial charge in [-0.1, -0.05) is 13.3 Å². The number of aliphatic carboxylic acids is 1. The van der Waals surface area contributed by atoms with E-state index in [1.807, 2.05) is 0 Å². The van der Waals surface area contributed by atoms with Crippen molar-refractivity contribution in [2.75, 3.05) is 0 Å². The van der Waals surface area contributed by atoms with Crippen molar-refractivity contribution in [1.29, 1.82) is 0 Å². The Labute approximate surface area is 134 Å². The van der Waals surface area contributed by atoms with Gasteiger partial charge in [-0.3, -0.25) is 0 Å². The van der Waals surface area contributed by atoms with Crippen LogP contribution in [0.5, 0.6) is 5.75 Å². The number of hydrogen-bond acceptors (Lipinski definition) is 2. The maximum atomic E-state index is 14.3. The van der Waals surface area contributed by atoms with Crippen LogP contribution in [0.2, 0.25) is 0 Å². The molecule has 2 rings (SSSR count). The third-order valence-electron chi connectivity index (χ3n) is 3.45. The molecule has 1 aliphatic heterocycles. The Morgan fingerprint density at radius 1 is 1.12 bits per heavy atom. The number of carboxylic acid groups (broad SMARTS) is 1. The van der Waals surface area contributed by atoms with Gasteiger partial charge >= 0.3 is 18.0 Å². The Balaban J connectivity index is 2.98. The fourth-order valence-electron chi connectivity index (χ4n) is 2.36. The van der Waals surface area contributed by atoms with Crippen molar-refractivity contribution in [3.05, 3.63) is 34.2 Å². The van der Waals surface area contributed by atoms with E-state index >= 15 is 0 Å². The topological polar surface area (TPSA) is 46.5 Å². The van der Waals surface area contributed by atoms with Crippen molar-refractivity contribution in [2.45, 2.75) is 31.8 Å². The molecule has 0 saturated heterocycles. The molecule has 0 bridgehead atoms. The van der Waals surface area contributed by atoms with E-state index in [9.17, 15) is 39.9 Å². The van der Waals surface area contributed by atoms with E-state index in [1.54, 1.807) is 0 Å². The van der Waals surface area contributed by atoms with Crippen molar-refractivity contribution < 1.29 is 49.8 Å². The first-order valence-electron chi connectivity index (χ1n) is 6.66. The molecule has 1 unspecified atom stereocenters. The molecule has 0 spiro atoms. The molecule has 0 radical (unpaired) electrons. The SMILES string of the molecule is CCCc1c(F)c(F)c(F)c2c1OC(F)(C(F)(F)F)C(C(=O)O)=C2F. The van der Waals surface area contributed by atoms with Crippen LogP contribution < -0.4 is 4.74 Å². The number of halogens is 8. The molecule has 1 atom stereocenters. The third kappa shape index (κ3) is 2.61. The van der Waals surface area contributed by atoms with Crippen LogP contribution in [0.15, 0.2) is 5.57 Å². The van der Waals surface area contributed by atoms with Gasteiger partial charge in [0.1, 0.15) is 5.75 Å². The highest BCUT2D eigenvalue weighted by atomic mass is 19.4. The number of carboxylic acids is 1. The number of carbonyl (C=O) groups is 1. The van der Waals surface area contributed by atoms with Gasteiger partial charge in [0, 0.05) is 5.56 Å². The Bertz CT molecular complexity index is 784. The fourth-order valence-corrected chi connectivity index (χ4v) is 2.36. The molecule has 0 amide bonds. The summed E-state index contributed by atoms with van der Waals surface area (Å²) in [4.78, 5) is 10.9. The van der Waals surface area contributed by atoms with Crippen molar-refractivity contribution in [3.8, 4) is 5.75 Å². The molecule has 1 N–H and O–H groups in total. The minimum Gasteiger partial charge on any atom is -0.478 e. The zero-order valence-electron chi connectivity index (χ0n) is 12.2. The summed E-state index contributed by atoms with van der Waals surface area (Å²) in [5, 5.41) is 8.71. The van der Waals surface area contributed by atoms with Crippen molar-refractivity contribution >= 4 is 11.8 Å². The minimum absolute atomic E-state index is 0.0276. The second-order valence-electron chi connectivity index (χ2n) is 5.06. The lowest BCUT2D eigenvalue weighted by molar-refractivity contribution is -0.285. The summed E-state index contributed by atoms with van der Waals surface area (Å²) >= 11 is 0. The van der Waals surface area contributed by atoms with E-state index in [4.69, 9.17) is 5.11 Å². The second-order valence-corrected chi connectivity index (χ2v) is 5.06. The van der Waals surface area contributed by atoms with Crippen LogP contribution in [0.1, 0.15) is 24.5 Å². The highest BCUT2D eigenvalue weighted by molar-refractivity contribution is 5.98. The summed E-state index contributed by atoms with van der Waals surface area (Å²) < 4.78 is 113. The lowest BCUT2D eigenvalue weighted by atomic mass is 9.93. The van der Waals surface area contributed by atoms with E-state index in [0.29, 0.717) is 0 Å². The zero-order valence-corrected chi connectivity index (χ0v) is 12.2. The van der Waals surface area contributed by atoms with Gasteiger partial charge in [0.2, 0.25) is 0 Å². The lowest BCUT2D eigenvalue weighted by Gasteiger charge is -2.34. The molecule has 0 saturated carbocycles. The van der Waals surface area contributed by atoms with Crippen molar-refractivity contribution in [1.82, 2.24) is 0 Å². The standard InChI is InChI=1S/C14H8F8O3/c1-2-3-4-7(15)10(18)9(17)5-8(16)6(12(23)24)13(19,14(20,21)22)25-11(4)5/h2-3H2,1H3,(H,23,24). The van der Waals surface area contributed by atoms with Crippen LogP contribution in [0.25, 0.3) is 5.83 Å². The van der Waals surface area contributed by atoms with E-state index in [-0.39, 0.29) is 6.42 Å². The summed E-state index contributed by atoms with van der Waals surface area (Å²) in [6.07, 6.45) is -6.67. The number of rotatable bonds is 3. The monoisotopic (exact) mass is 376 g/mol. The van der Waals surface area contributed by atoms with Crippen LogP contribution in [-0.4, -0.2) is 23.1 Å². The van der Waals surface area contributed by atoms with Gasteiger partial charge in [-0.25, -0.2) is 22.4 Å². The normalized spacial score (nSPS) is 20.4. The van der Waals surface area contributed by atoms with E-state index < -0.39 is 70.1 Å². The van der Waals surface area contributed by atoms with E-state index in [1.165, 1.54) is 6.92 Å². The Morgan fingerprint density at radius 2 is 1.68 bits per heavy atom. The number of hydrogen-bond donors (Lipinski definition) is 1. The summed E-state index contributed by atoms with van der Waals surface area (Å²) in [5.74, 6) is -18.6. The number of ether oxygens (including phenoxy) is 1. The first-order chi connectivity index (χ1) is 11.4. The molecule has 1 heterocycles. The van der Waals surface area contributed by atoms with Crippen molar-refractivity contribution in [2.24, 2.45) is 0 Å². The fraction of sp³-hybridized carbons (Fsp3) is 0.357. The van der Waals surface area contributed by atoms with Crippen LogP contribution in [0.4, 0.5) is 35.1 Å². The average molecular weight is 376 g/mol. The molecule has 3 nitrogen and oxygen atoms in total. The summed E-state index contributed by atoms with van der Waals surface area (Å²) in [6.45, 7) is 1.37. The quantitative estimate of drug-likeness (QED) is 0.627. The predicted molar refractivity (Wildman–Crippen MR) is 66.5 cm³/mol. The second kappa shape index (κ2) is 5.88. The predicted octanol–water partition coefficient (Wildman–Crippen LogP) is 4.44. The molecule has 1 aliphatic rings. The van der Waals surface area contributed by atoms with Crippen LogP contribution in [0, 0.1) is 17.5 Å². The highest BCUT2D eigenvalue weighted by Crippen LogP contribution is 2.52. The maximum absolute atomic E-state index is 14.3. The van der Waals surface area contributed by atoms with E-state index in [2.05, 4.69) is 4.74 Å². The van der Waals surface area contributed by atoms with Gasteiger partial charge in [-0.05, 0) is 6.42 Å². The maximum Gasteiger partial charge on any atom is 0.465 e. The Kier molecular flexibility index (Phi) is 4.47. The third-order valence-corrected chi connectivity index (χ3v) is 3.45. The molecule has 0 fully saturated rings. The Hall–Kier alpha value is -2.33. The van der Waals surface area contributed by atoms with Crippen LogP contribution in [-0.2, 0) is 11.2 Å². The number of benzene rings is 1. The molecule has 1 aromatic carbocycles. The van der Waals surface area contributed by atoms with Crippen molar-refractivity contribution in [3.63, 3.8) is 0 Å². The summed E-state index contributed by atoms with van der Waals surface area (Å²) in [6, 6.07) is 0. The molecular formula is C14H8F8O3. The van der Waals surface area contributed by atoms with Gasteiger partial charge in [-0.2, -0.15) is 17.6 Å². The number of fused-ring (bicyclic) bond motifs is 1.